The van der Waals surface area contributed by atoms with Crippen LogP contribution in [0.25, 0.3) is 10.8 Å². The molecule has 19 heavy (non-hydrogen) atoms. The van der Waals surface area contributed by atoms with Crippen LogP contribution in [0.2, 0.25) is 0 Å². The van der Waals surface area contributed by atoms with Gasteiger partial charge in [-0.2, -0.15) is 0 Å². The lowest BCUT2D eigenvalue weighted by Gasteiger charge is -2.09. The van der Waals surface area contributed by atoms with Crippen LogP contribution in [0.4, 0.5) is 5.69 Å². The van der Waals surface area contributed by atoms with Crippen LogP contribution < -0.4 is 4.72 Å². The lowest BCUT2D eigenvalue weighted by atomic mass is 10.1. The number of fused-ring (bicyclic) bond motifs is 1. The number of rotatable bonds is 5. The molecule has 5 nitrogen and oxygen atoms in total. The molecule has 2 rings (SSSR count). The summed E-state index contributed by atoms with van der Waals surface area (Å²) >= 11 is 0. The highest BCUT2D eigenvalue weighted by atomic mass is 32.2. The van der Waals surface area contributed by atoms with Gasteiger partial charge in [0.2, 0.25) is 10.0 Å². The van der Waals surface area contributed by atoms with Gasteiger partial charge >= 0.3 is 5.97 Å². The van der Waals surface area contributed by atoms with E-state index in [2.05, 4.69) is 4.72 Å². The lowest BCUT2D eigenvalue weighted by molar-refractivity contribution is -0.136. The summed E-state index contributed by atoms with van der Waals surface area (Å²) in [7, 11) is -3.65. The molecule has 0 saturated carbocycles. The molecular weight excluding hydrogens is 266 g/mol. The minimum Gasteiger partial charge on any atom is -0.481 e. The maximum Gasteiger partial charge on any atom is 0.304 e. The molecule has 0 amide bonds. The van der Waals surface area contributed by atoms with Gasteiger partial charge in [0.15, 0.2) is 0 Å². The number of benzene rings is 2. The van der Waals surface area contributed by atoms with E-state index in [-0.39, 0.29) is 0 Å². The molecule has 2 aromatic carbocycles. The van der Waals surface area contributed by atoms with Gasteiger partial charge < -0.3 is 5.11 Å². The molecule has 0 fully saturated rings. The highest BCUT2D eigenvalue weighted by Gasteiger charge is 2.14. The number of nitrogens with one attached hydrogen (secondary N) is 1. The monoisotopic (exact) mass is 279 g/mol. The molecule has 0 spiro atoms. The molecule has 0 aliphatic rings. The summed E-state index contributed by atoms with van der Waals surface area (Å²) in [6.45, 7) is 0. The molecule has 0 aromatic heterocycles. The molecular formula is C13H13NO4S. The van der Waals surface area contributed by atoms with Crippen molar-refractivity contribution in [2.75, 3.05) is 10.5 Å². The maximum atomic E-state index is 11.8. The lowest BCUT2D eigenvalue weighted by Crippen LogP contribution is -2.19. The third-order valence-electron chi connectivity index (χ3n) is 2.64. The Morgan fingerprint density at radius 3 is 2.53 bits per heavy atom. The van der Waals surface area contributed by atoms with E-state index in [1.807, 2.05) is 30.3 Å². The van der Waals surface area contributed by atoms with Crippen LogP contribution in [0, 0.1) is 0 Å². The second-order valence-electron chi connectivity index (χ2n) is 4.09. The van der Waals surface area contributed by atoms with Gasteiger partial charge in [-0.1, -0.05) is 36.4 Å². The van der Waals surface area contributed by atoms with Gasteiger partial charge in [-0.3, -0.25) is 9.52 Å². The average molecular weight is 279 g/mol. The standard InChI is InChI=1S/C13H13NO4S/c15-13(16)8-9-19(17,18)14-12-7-3-5-10-4-1-2-6-11(10)12/h1-7,14H,8-9H2,(H,15,16). The number of sulfonamides is 1. The molecule has 6 heteroatoms. The van der Waals surface area contributed by atoms with Gasteiger partial charge in [0, 0.05) is 5.39 Å². The van der Waals surface area contributed by atoms with Crippen LogP contribution in [-0.4, -0.2) is 25.2 Å². The van der Waals surface area contributed by atoms with E-state index in [4.69, 9.17) is 5.11 Å². The first kappa shape index (κ1) is 13.4. The van der Waals surface area contributed by atoms with E-state index in [1.165, 1.54) is 0 Å². The smallest absolute Gasteiger partial charge is 0.304 e. The molecule has 0 atom stereocenters. The largest absolute Gasteiger partial charge is 0.481 e. The highest BCUT2D eigenvalue weighted by Crippen LogP contribution is 2.23. The van der Waals surface area contributed by atoms with Crippen LogP contribution in [0.3, 0.4) is 0 Å². The molecule has 2 N–H and O–H groups in total. The van der Waals surface area contributed by atoms with Crippen molar-refractivity contribution in [1.29, 1.82) is 0 Å². The Labute approximate surface area is 110 Å². The van der Waals surface area contributed by atoms with Crippen molar-refractivity contribution in [3.63, 3.8) is 0 Å². The van der Waals surface area contributed by atoms with Gasteiger partial charge in [-0.15, -0.1) is 0 Å². The Hall–Kier alpha value is -2.08. The molecule has 0 radical (unpaired) electrons. The van der Waals surface area contributed by atoms with E-state index >= 15 is 0 Å². The van der Waals surface area contributed by atoms with Gasteiger partial charge in [0.1, 0.15) is 0 Å². The van der Waals surface area contributed by atoms with Crippen LogP contribution in [-0.2, 0) is 14.8 Å². The quantitative estimate of drug-likeness (QED) is 0.877. The summed E-state index contributed by atoms with van der Waals surface area (Å²) in [4.78, 5) is 10.4. The second kappa shape index (κ2) is 5.27. The number of carboxylic acids is 1. The summed E-state index contributed by atoms with van der Waals surface area (Å²) < 4.78 is 26.0. The zero-order valence-electron chi connectivity index (χ0n) is 10.0. The summed E-state index contributed by atoms with van der Waals surface area (Å²) in [5, 5.41) is 10.2. The molecule has 2 aromatic rings. The predicted molar refractivity (Wildman–Crippen MR) is 73.6 cm³/mol. The maximum absolute atomic E-state index is 11.8. The van der Waals surface area contributed by atoms with E-state index in [1.54, 1.807) is 12.1 Å². The SMILES string of the molecule is O=C(O)CCS(=O)(=O)Nc1cccc2ccccc12. The number of anilines is 1. The summed E-state index contributed by atoms with van der Waals surface area (Å²) in [6, 6.07) is 12.7. The van der Waals surface area contributed by atoms with E-state index in [9.17, 15) is 13.2 Å². The highest BCUT2D eigenvalue weighted by molar-refractivity contribution is 7.92. The minimum absolute atomic E-state index is 0.417. The van der Waals surface area contributed by atoms with Crippen molar-refractivity contribution in [2.24, 2.45) is 0 Å². The summed E-state index contributed by atoms with van der Waals surface area (Å²) in [5.74, 6) is -1.57. The number of carboxylic acid groups (broad SMARTS) is 1. The number of hydrogen-bond donors (Lipinski definition) is 2. The first-order valence-electron chi connectivity index (χ1n) is 5.68. The number of carbonyl (C=O) groups is 1. The minimum atomic E-state index is -3.65. The van der Waals surface area contributed by atoms with Crippen LogP contribution >= 0.6 is 0 Å². The second-order valence-corrected chi connectivity index (χ2v) is 5.93. The van der Waals surface area contributed by atoms with Crippen molar-refractivity contribution in [1.82, 2.24) is 0 Å². The van der Waals surface area contributed by atoms with Crippen molar-refractivity contribution < 1.29 is 18.3 Å². The van der Waals surface area contributed by atoms with Gasteiger partial charge in [-0.05, 0) is 11.5 Å². The zero-order valence-corrected chi connectivity index (χ0v) is 10.9. The third-order valence-corrected chi connectivity index (χ3v) is 3.91. The zero-order chi connectivity index (χ0) is 13.9. The fourth-order valence-corrected chi connectivity index (χ4v) is 2.81. The Kier molecular flexibility index (Phi) is 3.71. The van der Waals surface area contributed by atoms with Gasteiger partial charge in [0.05, 0.1) is 17.9 Å². The van der Waals surface area contributed by atoms with Crippen LogP contribution in [0.5, 0.6) is 0 Å². The Morgan fingerprint density at radius 1 is 1.11 bits per heavy atom. The van der Waals surface area contributed by atoms with Gasteiger partial charge in [0.25, 0.3) is 0 Å². The van der Waals surface area contributed by atoms with E-state index in [0.29, 0.717) is 5.69 Å². The summed E-state index contributed by atoms with van der Waals surface area (Å²) in [5.41, 5.74) is 0.462. The number of hydrogen-bond acceptors (Lipinski definition) is 3. The fraction of sp³-hybridized carbons (Fsp3) is 0.154. The third kappa shape index (κ3) is 3.45. The van der Waals surface area contributed by atoms with Crippen molar-refractivity contribution in [2.45, 2.75) is 6.42 Å². The molecule has 0 aliphatic carbocycles. The van der Waals surface area contributed by atoms with Crippen LogP contribution in [0.15, 0.2) is 42.5 Å². The molecule has 0 saturated heterocycles. The van der Waals surface area contributed by atoms with Crippen molar-refractivity contribution in [3.8, 4) is 0 Å². The number of aliphatic carboxylic acids is 1. The predicted octanol–water partition coefficient (Wildman–Crippen LogP) is 2.06. The molecule has 0 bridgehead atoms. The molecule has 0 heterocycles. The first-order chi connectivity index (χ1) is 8.98. The molecule has 0 aliphatic heterocycles. The van der Waals surface area contributed by atoms with Crippen molar-refractivity contribution in [3.05, 3.63) is 42.5 Å². The van der Waals surface area contributed by atoms with Crippen molar-refractivity contribution >= 4 is 32.5 Å². The Bertz CT molecular complexity index is 704. The first-order valence-corrected chi connectivity index (χ1v) is 7.33. The normalized spacial score (nSPS) is 11.4. The molecule has 0 unspecified atom stereocenters. The Morgan fingerprint density at radius 2 is 1.79 bits per heavy atom. The summed E-state index contributed by atoms with van der Waals surface area (Å²) in [6.07, 6.45) is -0.417. The molecule has 100 valence electrons. The topological polar surface area (TPSA) is 83.5 Å². The van der Waals surface area contributed by atoms with E-state index < -0.39 is 28.2 Å². The fourth-order valence-electron chi connectivity index (χ4n) is 1.75. The van der Waals surface area contributed by atoms with Gasteiger partial charge in [-0.25, -0.2) is 8.42 Å². The van der Waals surface area contributed by atoms with Crippen LogP contribution in [0.1, 0.15) is 6.42 Å². The average Bonchev–Trinajstić information content (AvgIpc) is 2.37. The Balaban J connectivity index is 2.28. The van der Waals surface area contributed by atoms with E-state index in [0.717, 1.165) is 10.8 Å².